The first-order valence-electron chi connectivity index (χ1n) is 8.44. The molecule has 0 aliphatic heterocycles. The summed E-state index contributed by atoms with van der Waals surface area (Å²) in [6.07, 6.45) is 9.76. The maximum absolute atomic E-state index is 6.23. The summed E-state index contributed by atoms with van der Waals surface area (Å²) in [7, 11) is 0. The lowest BCUT2D eigenvalue weighted by molar-refractivity contribution is 0.179. The Kier molecular flexibility index (Phi) is 6.43. The summed E-state index contributed by atoms with van der Waals surface area (Å²) in [5.41, 5.74) is 1.000. The topological polar surface area (TPSA) is 47.0 Å². The molecule has 0 unspecified atom stereocenters. The van der Waals surface area contributed by atoms with Gasteiger partial charge < -0.3 is 10.1 Å². The van der Waals surface area contributed by atoms with Crippen molar-refractivity contribution >= 4 is 0 Å². The minimum atomic E-state index is 0.335. The quantitative estimate of drug-likeness (QED) is 0.810. The van der Waals surface area contributed by atoms with Crippen LogP contribution in [0.5, 0.6) is 5.75 Å². The van der Waals surface area contributed by atoms with E-state index in [-0.39, 0.29) is 0 Å². The Morgan fingerprint density at radius 1 is 1.24 bits per heavy atom. The van der Waals surface area contributed by atoms with Crippen molar-refractivity contribution in [3.05, 3.63) is 17.7 Å². The molecule has 1 aliphatic carbocycles. The lowest BCUT2D eigenvalue weighted by Crippen LogP contribution is -2.20. The third-order valence-corrected chi connectivity index (χ3v) is 4.00. The molecular weight excluding hydrogens is 262 g/mol. The molecular formula is C17H29N3O. The molecule has 0 saturated heterocycles. The Balaban J connectivity index is 2.11. The zero-order chi connectivity index (χ0) is 15.1. The summed E-state index contributed by atoms with van der Waals surface area (Å²) in [6.45, 7) is 8.04. The van der Waals surface area contributed by atoms with Gasteiger partial charge in [0.1, 0.15) is 5.82 Å². The van der Waals surface area contributed by atoms with Gasteiger partial charge in [-0.2, -0.15) is 0 Å². The van der Waals surface area contributed by atoms with Crippen molar-refractivity contribution in [2.75, 3.05) is 6.54 Å². The number of ether oxygens (including phenoxy) is 1. The van der Waals surface area contributed by atoms with Crippen LogP contribution in [0.1, 0.15) is 76.7 Å². The van der Waals surface area contributed by atoms with Crippen LogP contribution in [0, 0.1) is 0 Å². The maximum atomic E-state index is 6.23. The van der Waals surface area contributed by atoms with Crippen LogP contribution >= 0.6 is 0 Å². The Morgan fingerprint density at radius 2 is 1.95 bits per heavy atom. The van der Waals surface area contributed by atoms with Gasteiger partial charge in [0, 0.05) is 12.5 Å². The second-order valence-corrected chi connectivity index (χ2v) is 6.21. The van der Waals surface area contributed by atoms with Gasteiger partial charge in [0.15, 0.2) is 5.75 Å². The van der Waals surface area contributed by atoms with Gasteiger partial charge in [-0.3, -0.25) is 0 Å². The van der Waals surface area contributed by atoms with Crippen LogP contribution in [0.25, 0.3) is 0 Å². The van der Waals surface area contributed by atoms with Gasteiger partial charge in [0.05, 0.1) is 18.0 Å². The molecule has 0 bridgehead atoms. The molecule has 0 aromatic carbocycles. The first-order chi connectivity index (χ1) is 10.2. The van der Waals surface area contributed by atoms with E-state index in [0.29, 0.717) is 12.0 Å². The molecule has 2 rings (SSSR count). The van der Waals surface area contributed by atoms with Crippen LogP contribution in [0.4, 0.5) is 0 Å². The normalized spacial score (nSPS) is 17.0. The zero-order valence-electron chi connectivity index (χ0n) is 13.7. The molecule has 0 amide bonds. The van der Waals surface area contributed by atoms with E-state index in [0.717, 1.165) is 43.2 Å². The lowest BCUT2D eigenvalue weighted by Gasteiger charge is -2.19. The van der Waals surface area contributed by atoms with Crippen LogP contribution in [-0.4, -0.2) is 22.6 Å². The number of aromatic nitrogens is 2. The monoisotopic (exact) mass is 291 g/mol. The number of rotatable bonds is 6. The van der Waals surface area contributed by atoms with Crippen LogP contribution in [-0.2, 0) is 6.54 Å². The molecule has 1 aromatic heterocycles. The summed E-state index contributed by atoms with van der Waals surface area (Å²) in [5, 5.41) is 3.35. The second-order valence-electron chi connectivity index (χ2n) is 6.21. The Hall–Kier alpha value is -1.16. The fourth-order valence-corrected chi connectivity index (χ4v) is 2.71. The molecule has 1 fully saturated rings. The Morgan fingerprint density at radius 3 is 2.57 bits per heavy atom. The van der Waals surface area contributed by atoms with E-state index in [1.807, 2.05) is 6.20 Å². The molecule has 4 nitrogen and oxygen atoms in total. The molecule has 0 atom stereocenters. The van der Waals surface area contributed by atoms with Gasteiger partial charge in [-0.25, -0.2) is 9.97 Å². The average Bonchev–Trinajstić information content (AvgIpc) is 2.74. The van der Waals surface area contributed by atoms with Gasteiger partial charge in [-0.05, 0) is 32.2 Å². The molecule has 1 aromatic rings. The highest BCUT2D eigenvalue weighted by atomic mass is 16.5. The van der Waals surface area contributed by atoms with Crippen molar-refractivity contribution in [2.45, 2.75) is 77.9 Å². The van der Waals surface area contributed by atoms with Crippen LogP contribution in [0.3, 0.4) is 0 Å². The largest absolute Gasteiger partial charge is 0.487 e. The van der Waals surface area contributed by atoms with E-state index in [2.05, 4.69) is 31.1 Å². The maximum Gasteiger partial charge on any atom is 0.160 e. The summed E-state index contributed by atoms with van der Waals surface area (Å²) in [6, 6.07) is 0. The first-order valence-corrected chi connectivity index (χ1v) is 8.44. The van der Waals surface area contributed by atoms with Crippen molar-refractivity contribution in [1.29, 1.82) is 0 Å². The molecule has 0 spiro atoms. The van der Waals surface area contributed by atoms with Crippen molar-refractivity contribution < 1.29 is 4.74 Å². The zero-order valence-corrected chi connectivity index (χ0v) is 13.7. The summed E-state index contributed by atoms with van der Waals surface area (Å²) in [4.78, 5) is 9.17. The summed E-state index contributed by atoms with van der Waals surface area (Å²) >= 11 is 0. The first kappa shape index (κ1) is 16.2. The average molecular weight is 291 g/mol. The fraction of sp³-hybridized carbons (Fsp3) is 0.765. The van der Waals surface area contributed by atoms with Crippen molar-refractivity contribution in [3.8, 4) is 5.75 Å². The fourth-order valence-electron chi connectivity index (χ4n) is 2.71. The summed E-state index contributed by atoms with van der Waals surface area (Å²) in [5.74, 6) is 2.11. The van der Waals surface area contributed by atoms with Crippen molar-refractivity contribution in [3.63, 3.8) is 0 Å². The van der Waals surface area contributed by atoms with Crippen molar-refractivity contribution in [2.24, 2.45) is 0 Å². The Labute approximate surface area is 128 Å². The third kappa shape index (κ3) is 4.95. The molecule has 4 heteroatoms. The molecule has 0 radical (unpaired) electrons. The predicted molar refractivity (Wildman–Crippen MR) is 85.6 cm³/mol. The minimum absolute atomic E-state index is 0.335. The highest BCUT2D eigenvalue weighted by Crippen LogP contribution is 2.25. The highest BCUT2D eigenvalue weighted by molar-refractivity contribution is 5.25. The summed E-state index contributed by atoms with van der Waals surface area (Å²) < 4.78 is 6.23. The second kappa shape index (κ2) is 8.32. The van der Waals surface area contributed by atoms with E-state index in [1.54, 1.807) is 0 Å². The predicted octanol–water partition coefficient (Wildman–Crippen LogP) is 3.81. The molecule has 1 saturated carbocycles. The van der Waals surface area contributed by atoms with E-state index >= 15 is 0 Å². The molecule has 1 N–H and O–H groups in total. The Bertz CT molecular complexity index is 426. The van der Waals surface area contributed by atoms with Gasteiger partial charge in [-0.15, -0.1) is 0 Å². The SMILES string of the molecule is CCNCc1nc(C(C)C)ncc1OC1CCCCCC1. The smallest absolute Gasteiger partial charge is 0.160 e. The van der Waals surface area contributed by atoms with Crippen LogP contribution in [0.2, 0.25) is 0 Å². The number of hydrogen-bond acceptors (Lipinski definition) is 4. The van der Waals surface area contributed by atoms with Gasteiger partial charge in [0.2, 0.25) is 0 Å². The van der Waals surface area contributed by atoms with E-state index < -0.39 is 0 Å². The molecule has 118 valence electrons. The highest BCUT2D eigenvalue weighted by Gasteiger charge is 2.17. The van der Waals surface area contributed by atoms with E-state index in [1.165, 1.54) is 25.7 Å². The van der Waals surface area contributed by atoms with E-state index in [4.69, 9.17) is 9.72 Å². The lowest BCUT2D eigenvalue weighted by atomic mass is 10.1. The van der Waals surface area contributed by atoms with Crippen LogP contribution in [0.15, 0.2) is 6.20 Å². The standard InChI is InChI=1S/C17H29N3O/c1-4-18-11-15-16(12-19-17(20-15)13(2)3)21-14-9-7-5-6-8-10-14/h12-14,18H,4-11H2,1-3H3. The molecule has 1 heterocycles. The number of nitrogens with one attached hydrogen (secondary N) is 1. The third-order valence-electron chi connectivity index (χ3n) is 4.00. The van der Waals surface area contributed by atoms with Crippen LogP contribution < -0.4 is 10.1 Å². The van der Waals surface area contributed by atoms with Gasteiger partial charge >= 0.3 is 0 Å². The molecule has 21 heavy (non-hydrogen) atoms. The van der Waals surface area contributed by atoms with E-state index in [9.17, 15) is 0 Å². The number of nitrogens with zero attached hydrogens (tertiary/aromatic N) is 2. The molecule has 1 aliphatic rings. The van der Waals surface area contributed by atoms with Crippen molar-refractivity contribution in [1.82, 2.24) is 15.3 Å². The van der Waals surface area contributed by atoms with Gasteiger partial charge in [-0.1, -0.05) is 33.6 Å². The minimum Gasteiger partial charge on any atom is -0.487 e. The number of hydrogen-bond donors (Lipinski definition) is 1. The van der Waals surface area contributed by atoms with Gasteiger partial charge in [0.25, 0.3) is 0 Å².